The van der Waals surface area contributed by atoms with Crippen molar-refractivity contribution < 1.29 is 4.52 Å². The zero-order chi connectivity index (χ0) is 19.7. The molecule has 0 saturated heterocycles. The van der Waals surface area contributed by atoms with Crippen molar-refractivity contribution in [1.82, 2.24) is 19.9 Å². The molecule has 0 fully saturated rings. The molecule has 0 saturated carbocycles. The first kappa shape index (κ1) is 18.8. The van der Waals surface area contributed by atoms with Crippen molar-refractivity contribution in [3.05, 3.63) is 76.1 Å². The Labute approximate surface area is 172 Å². The van der Waals surface area contributed by atoms with E-state index in [0.29, 0.717) is 10.8 Å². The smallest absolute Gasteiger partial charge is 0.196 e. The van der Waals surface area contributed by atoms with Crippen molar-refractivity contribution in [3.8, 4) is 17.1 Å². The van der Waals surface area contributed by atoms with Crippen LogP contribution in [0, 0.1) is 20.8 Å². The van der Waals surface area contributed by atoms with Gasteiger partial charge >= 0.3 is 0 Å². The first-order chi connectivity index (χ1) is 13.5. The molecule has 7 heteroatoms. The number of rotatable bonds is 5. The van der Waals surface area contributed by atoms with E-state index in [9.17, 15) is 0 Å². The highest BCUT2D eigenvalue weighted by molar-refractivity contribution is 7.98. The molecule has 0 amide bonds. The number of nitrogens with zero attached hydrogens (tertiary/aromatic N) is 4. The van der Waals surface area contributed by atoms with Crippen LogP contribution in [0.2, 0.25) is 5.02 Å². The van der Waals surface area contributed by atoms with Gasteiger partial charge in [0, 0.05) is 21.9 Å². The van der Waals surface area contributed by atoms with E-state index < -0.39 is 0 Å². The maximum Gasteiger partial charge on any atom is 0.196 e. The number of halogens is 1. The molecule has 142 valence electrons. The van der Waals surface area contributed by atoms with Gasteiger partial charge in [-0.05, 0) is 56.7 Å². The van der Waals surface area contributed by atoms with Crippen molar-refractivity contribution in [1.29, 1.82) is 0 Å². The van der Waals surface area contributed by atoms with Crippen molar-refractivity contribution >= 4 is 23.4 Å². The zero-order valence-corrected chi connectivity index (χ0v) is 17.4. The molecule has 2 aromatic carbocycles. The number of benzene rings is 2. The molecule has 5 nitrogen and oxygen atoms in total. The highest BCUT2D eigenvalue weighted by atomic mass is 35.5. The minimum atomic E-state index is 0.693. The number of thioether (sulfide) groups is 1. The summed E-state index contributed by atoms with van der Waals surface area (Å²) in [6, 6.07) is 15.9. The molecular formula is C21H19ClN4OS. The molecule has 2 heterocycles. The normalized spacial score (nSPS) is 11.1. The Morgan fingerprint density at radius 1 is 1.00 bits per heavy atom. The zero-order valence-electron chi connectivity index (χ0n) is 15.8. The van der Waals surface area contributed by atoms with Gasteiger partial charge in [0.05, 0.1) is 11.4 Å². The quantitative estimate of drug-likeness (QED) is 0.389. The molecule has 28 heavy (non-hydrogen) atoms. The standard InChI is InChI=1S/C21H19ClN4OS/c1-13-6-4-5-7-19(13)26-20(16-8-10-17(22)11-9-16)23-24-21(26)28-12-18-14(2)25-27-15(18)3/h4-11H,12H2,1-3H3. The fraction of sp³-hybridized carbons (Fsp3) is 0.190. The molecule has 0 radical (unpaired) electrons. The van der Waals surface area contributed by atoms with Gasteiger partial charge in [-0.25, -0.2) is 0 Å². The van der Waals surface area contributed by atoms with Crippen LogP contribution in [0.5, 0.6) is 0 Å². The minimum absolute atomic E-state index is 0.693. The Bertz CT molecular complexity index is 1100. The lowest BCUT2D eigenvalue weighted by Gasteiger charge is -2.13. The summed E-state index contributed by atoms with van der Waals surface area (Å²) in [6.45, 7) is 5.97. The molecule has 0 N–H and O–H groups in total. The summed E-state index contributed by atoms with van der Waals surface area (Å²) >= 11 is 7.68. The van der Waals surface area contributed by atoms with Gasteiger partial charge in [0.1, 0.15) is 5.76 Å². The lowest BCUT2D eigenvalue weighted by Crippen LogP contribution is -2.02. The fourth-order valence-corrected chi connectivity index (χ4v) is 4.25. The highest BCUT2D eigenvalue weighted by Gasteiger charge is 2.19. The van der Waals surface area contributed by atoms with Crippen molar-refractivity contribution in [2.45, 2.75) is 31.7 Å². The minimum Gasteiger partial charge on any atom is -0.361 e. The first-order valence-electron chi connectivity index (χ1n) is 8.86. The number of hydrogen-bond acceptors (Lipinski definition) is 5. The predicted octanol–water partition coefficient (Wildman–Crippen LogP) is 5.79. The molecule has 0 aliphatic rings. The Hall–Kier alpha value is -2.57. The predicted molar refractivity (Wildman–Crippen MR) is 112 cm³/mol. The van der Waals surface area contributed by atoms with E-state index in [-0.39, 0.29) is 0 Å². The summed E-state index contributed by atoms with van der Waals surface area (Å²) < 4.78 is 7.38. The van der Waals surface area contributed by atoms with Gasteiger partial charge in [0.25, 0.3) is 0 Å². The molecule has 0 atom stereocenters. The highest BCUT2D eigenvalue weighted by Crippen LogP contribution is 2.32. The summed E-state index contributed by atoms with van der Waals surface area (Å²) in [7, 11) is 0. The second-order valence-corrected chi connectivity index (χ2v) is 7.91. The average Bonchev–Trinajstić information content (AvgIpc) is 3.24. The second kappa shape index (κ2) is 7.81. The number of aryl methyl sites for hydroxylation is 3. The van der Waals surface area contributed by atoms with E-state index in [0.717, 1.165) is 44.8 Å². The molecule has 0 bridgehead atoms. The molecular weight excluding hydrogens is 392 g/mol. The maximum absolute atomic E-state index is 6.06. The molecule has 0 spiro atoms. The van der Waals surface area contributed by atoms with E-state index in [4.69, 9.17) is 16.1 Å². The Morgan fingerprint density at radius 3 is 2.43 bits per heavy atom. The van der Waals surface area contributed by atoms with E-state index in [1.165, 1.54) is 0 Å². The SMILES string of the molecule is Cc1ccccc1-n1c(SCc2c(C)noc2C)nnc1-c1ccc(Cl)cc1. The molecule has 4 aromatic rings. The van der Waals surface area contributed by atoms with Gasteiger partial charge in [-0.2, -0.15) is 0 Å². The van der Waals surface area contributed by atoms with Crippen LogP contribution >= 0.6 is 23.4 Å². The number of aromatic nitrogens is 4. The van der Waals surface area contributed by atoms with Crippen LogP contribution in [0.15, 0.2) is 58.2 Å². The summed E-state index contributed by atoms with van der Waals surface area (Å²) in [6.07, 6.45) is 0. The van der Waals surface area contributed by atoms with Gasteiger partial charge in [0.15, 0.2) is 11.0 Å². The third-order valence-corrected chi connectivity index (χ3v) is 5.83. The lowest BCUT2D eigenvalue weighted by molar-refractivity contribution is 0.392. The van der Waals surface area contributed by atoms with E-state index in [2.05, 4.69) is 39.0 Å². The van der Waals surface area contributed by atoms with Gasteiger partial charge in [-0.15, -0.1) is 10.2 Å². The lowest BCUT2D eigenvalue weighted by atomic mass is 10.1. The Morgan fingerprint density at radius 2 is 1.75 bits per heavy atom. The van der Waals surface area contributed by atoms with Gasteiger partial charge in [-0.1, -0.05) is 46.7 Å². The summed E-state index contributed by atoms with van der Waals surface area (Å²) in [5, 5.41) is 14.5. The number of hydrogen-bond donors (Lipinski definition) is 0. The van der Waals surface area contributed by atoms with Crippen LogP contribution in [0.3, 0.4) is 0 Å². The fourth-order valence-electron chi connectivity index (χ4n) is 3.03. The second-order valence-electron chi connectivity index (χ2n) is 6.53. The Balaban J connectivity index is 1.78. The van der Waals surface area contributed by atoms with Gasteiger partial charge in [0.2, 0.25) is 0 Å². The first-order valence-corrected chi connectivity index (χ1v) is 10.2. The summed E-state index contributed by atoms with van der Waals surface area (Å²) in [5.74, 6) is 2.34. The number of para-hydroxylation sites is 1. The molecule has 0 aliphatic heterocycles. The van der Waals surface area contributed by atoms with Crippen molar-refractivity contribution in [3.63, 3.8) is 0 Å². The van der Waals surface area contributed by atoms with E-state index >= 15 is 0 Å². The van der Waals surface area contributed by atoms with Crippen LogP contribution < -0.4 is 0 Å². The van der Waals surface area contributed by atoms with Crippen LogP contribution in [0.1, 0.15) is 22.6 Å². The average molecular weight is 411 g/mol. The summed E-state index contributed by atoms with van der Waals surface area (Å²) in [5.41, 5.74) is 5.17. The van der Waals surface area contributed by atoms with E-state index in [1.807, 2.05) is 50.2 Å². The largest absolute Gasteiger partial charge is 0.361 e. The Kier molecular flexibility index (Phi) is 5.24. The third kappa shape index (κ3) is 3.57. The third-order valence-electron chi connectivity index (χ3n) is 4.62. The van der Waals surface area contributed by atoms with Crippen LogP contribution in [0.4, 0.5) is 0 Å². The van der Waals surface area contributed by atoms with Crippen LogP contribution in [0.25, 0.3) is 17.1 Å². The van der Waals surface area contributed by atoms with Crippen LogP contribution in [-0.4, -0.2) is 19.9 Å². The summed E-state index contributed by atoms with van der Waals surface area (Å²) in [4.78, 5) is 0. The van der Waals surface area contributed by atoms with Crippen molar-refractivity contribution in [2.75, 3.05) is 0 Å². The van der Waals surface area contributed by atoms with Crippen LogP contribution in [-0.2, 0) is 5.75 Å². The van der Waals surface area contributed by atoms with Gasteiger partial charge in [-0.3, -0.25) is 4.57 Å². The van der Waals surface area contributed by atoms with Crippen molar-refractivity contribution in [2.24, 2.45) is 0 Å². The molecule has 2 aromatic heterocycles. The topological polar surface area (TPSA) is 56.7 Å². The monoisotopic (exact) mass is 410 g/mol. The van der Waals surface area contributed by atoms with E-state index in [1.54, 1.807) is 11.8 Å². The maximum atomic E-state index is 6.06. The molecule has 0 unspecified atom stereocenters. The molecule has 4 rings (SSSR count). The molecule has 0 aliphatic carbocycles. The van der Waals surface area contributed by atoms with Gasteiger partial charge < -0.3 is 4.52 Å².